The minimum atomic E-state index is -0.254. The van der Waals surface area contributed by atoms with Crippen LogP contribution in [0.2, 0.25) is 0 Å². The number of rotatable bonds is 3. The number of benzene rings is 1. The fraction of sp³-hybridized carbons (Fsp3) is 0.357. The lowest BCUT2D eigenvalue weighted by Crippen LogP contribution is -2.19. The maximum Gasteiger partial charge on any atom is 0.348 e. The molecule has 0 fully saturated rings. The van der Waals surface area contributed by atoms with Gasteiger partial charge in [-0.15, -0.1) is 11.3 Å². The number of carbonyl (C=O) groups is 1. The summed E-state index contributed by atoms with van der Waals surface area (Å²) in [4.78, 5) is 12.6. The lowest BCUT2D eigenvalue weighted by Gasteiger charge is -2.15. The van der Waals surface area contributed by atoms with Crippen molar-refractivity contribution in [3.63, 3.8) is 0 Å². The molecule has 1 heterocycles. The molecular weight excluding hydrogens is 246 g/mol. The van der Waals surface area contributed by atoms with Crippen LogP contribution in [-0.4, -0.2) is 12.1 Å². The van der Waals surface area contributed by atoms with Crippen molar-refractivity contribution in [2.75, 3.05) is 5.73 Å². The molecule has 2 aromatic rings. The lowest BCUT2D eigenvalue weighted by molar-refractivity contribution is 0.0244. The first kappa shape index (κ1) is 12.9. The van der Waals surface area contributed by atoms with Crippen molar-refractivity contribution in [3.8, 4) is 0 Å². The number of nitrogens with two attached hydrogens (primary N) is 1. The zero-order valence-electron chi connectivity index (χ0n) is 10.8. The highest BCUT2D eigenvalue weighted by Crippen LogP contribution is 2.28. The summed E-state index contributed by atoms with van der Waals surface area (Å²) in [5, 5.41) is 0.990. The van der Waals surface area contributed by atoms with Gasteiger partial charge in [-0.05, 0) is 42.5 Å². The van der Waals surface area contributed by atoms with Crippen LogP contribution in [-0.2, 0) is 4.74 Å². The number of nitrogen functional groups attached to an aromatic ring is 1. The average Bonchev–Trinajstić information content (AvgIpc) is 2.71. The fourth-order valence-electron chi connectivity index (χ4n) is 1.53. The fourth-order valence-corrected chi connectivity index (χ4v) is 2.45. The molecule has 96 valence electrons. The highest BCUT2D eigenvalue weighted by molar-refractivity contribution is 7.20. The van der Waals surface area contributed by atoms with Gasteiger partial charge in [-0.25, -0.2) is 4.79 Å². The van der Waals surface area contributed by atoms with E-state index in [1.54, 1.807) is 0 Å². The van der Waals surface area contributed by atoms with Crippen molar-refractivity contribution < 1.29 is 9.53 Å². The van der Waals surface area contributed by atoms with Crippen LogP contribution in [0.25, 0.3) is 10.1 Å². The smallest absolute Gasteiger partial charge is 0.348 e. The zero-order chi connectivity index (χ0) is 13.3. The molecule has 0 spiro atoms. The predicted octanol–water partition coefficient (Wildman–Crippen LogP) is 3.68. The monoisotopic (exact) mass is 263 g/mol. The van der Waals surface area contributed by atoms with E-state index in [2.05, 4.69) is 0 Å². The second-order valence-corrected chi connectivity index (χ2v) is 5.85. The summed E-state index contributed by atoms with van der Waals surface area (Å²) in [6, 6.07) is 7.48. The predicted molar refractivity (Wildman–Crippen MR) is 76.0 cm³/mol. The van der Waals surface area contributed by atoms with E-state index in [4.69, 9.17) is 10.5 Å². The van der Waals surface area contributed by atoms with Gasteiger partial charge in [0, 0.05) is 10.4 Å². The standard InChI is InChI=1S/C14H17NO2S/c1-8(2)9(3)17-14(16)13-7-10-6-11(15)4-5-12(10)18-13/h4-9H,15H2,1-3H3. The molecule has 1 unspecified atom stereocenters. The number of hydrogen-bond acceptors (Lipinski definition) is 4. The van der Waals surface area contributed by atoms with Crippen LogP contribution in [0.15, 0.2) is 24.3 Å². The summed E-state index contributed by atoms with van der Waals surface area (Å²) < 4.78 is 6.45. The Hall–Kier alpha value is -1.55. The molecular formula is C14H17NO2S. The zero-order valence-corrected chi connectivity index (χ0v) is 11.6. The Balaban J connectivity index is 2.23. The van der Waals surface area contributed by atoms with Gasteiger partial charge < -0.3 is 10.5 Å². The van der Waals surface area contributed by atoms with E-state index in [1.165, 1.54) is 11.3 Å². The van der Waals surface area contributed by atoms with Gasteiger partial charge in [0.2, 0.25) is 0 Å². The Morgan fingerprint density at radius 1 is 1.28 bits per heavy atom. The molecule has 1 atom stereocenters. The molecule has 0 saturated carbocycles. The Morgan fingerprint density at radius 3 is 2.67 bits per heavy atom. The van der Waals surface area contributed by atoms with Crippen LogP contribution in [0.3, 0.4) is 0 Å². The number of fused-ring (bicyclic) bond motifs is 1. The van der Waals surface area contributed by atoms with Gasteiger partial charge in [-0.2, -0.15) is 0 Å². The molecule has 1 aromatic heterocycles. The first-order valence-electron chi connectivity index (χ1n) is 5.97. The second kappa shape index (κ2) is 4.98. The Labute approximate surface area is 111 Å². The molecule has 2 N–H and O–H groups in total. The number of carbonyl (C=O) groups excluding carboxylic acids is 1. The number of hydrogen-bond donors (Lipinski definition) is 1. The third-order valence-corrected chi connectivity index (χ3v) is 4.07. The topological polar surface area (TPSA) is 52.3 Å². The second-order valence-electron chi connectivity index (χ2n) is 4.76. The lowest BCUT2D eigenvalue weighted by atomic mass is 10.1. The molecule has 2 rings (SSSR count). The van der Waals surface area contributed by atoms with Gasteiger partial charge in [0.05, 0.1) is 0 Å². The van der Waals surface area contributed by atoms with Crippen LogP contribution in [0, 0.1) is 5.92 Å². The van der Waals surface area contributed by atoms with Crippen molar-refractivity contribution in [2.24, 2.45) is 5.92 Å². The van der Waals surface area contributed by atoms with Crippen molar-refractivity contribution in [2.45, 2.75) is 26.9 Å². The molecule has 0 aliphatic heterocycles. The van der Waals surface area contributed by atoms with E-state index in [9.17, 15) is 4.79 Å². The van der Waals surface area contributed by atoms with Crippen molar-refractivity contribution in [3.05, 3.63) is 29.1 Å². The maximum atomic E-state index is 12.0. The number of anilines is 1. The molecule has 0 radical (unpaired) electrons. The number of esters is 1. The van der Waals surface area contributed by atoms with Crippen molar-refractivity contribution in [1.29, 1.82) is 0 Å². The Morgan fingerprint density at radius 2 is 2.00 bits per heavy atom. The first-order chi connectivity index (χ1) is 8.47. The van der Waals surface area contributed by atoms with Gasteiger partial charge in [-0.3, -0.25) is 0 Å². The van der Waals surface area contributed by atoms with E-state index in [1.807, 2.05) is 45.0 Å². The van der Waals surface area contributed by atoms with Gasteiger partial charge in [0.1, 0.15) is 11.0 Å². The largest absolute Gasteiger partial charge is 0.458 e. The molecule has 3 nitrogen and oxygen atoms in total. The Kier molecular flexibility index (Phi) is 3.57. The van der Waals surface area contributed by atoms with Crippen molar-refractivity contribution >= 4 is 33.1 Å². The van der Waals surface area contributed by atoms with E-state index in [0.29, 0.717) is 16.5 Å². The maximum absolute atomic E-state index is 12.0. The molecule has 0 aliphatic carbocycles. The minimum absolute atomic E-state index is 0.0761. The summed E-state index contributed by atoms with van der Waals surface area (Å²) in [6.07, 6.45) is -0.0761. The molecule has 4 heteroatoms. The van der Waals surface area contributed by atoms with E-state index in [-0.39, 0.29) is 12.1 Å². The van der Waals surface area contributed by atoms with Crippen LogP contribution >= 0.6 is 11.3 Å². The minimum Gasteiger partial charge on any atom is -0.458 e. The van der Waals surface area contributed by atoms with E-state index < -0.39 is 0 Å². The normalized spacial score (nSPS) is 12.9. The van der Waals surface area contributed by atoms with E-state index in [0.717, 1.165) is 10.1 Å². The molecule has 0 bridgehead atoms. The highest BCUT2D eigenvalue weighted by Gasteiger charge is 2.17. The highest BCUT2D eigenvalue weighted by atomic mass is 32.1. The Bertz CT molecular complexity index is 574. The number of ether oxygens (including phenoxy) is 1. The van der Waals surface area contributed by atoms with Gasteiger partial charge in [0.15, 0.2) is 0 Å². The quantitative estimate of drug-likeness (QED) is 0.678. The van der Waals surface area contributed by atoms with Crippen molar-refractivity contribution in [1.82, 2.24) is 0 Å². The summed E-state index contributed by atoms with van der Waals surface area (Å²) in [6.45, 7) is 5.97. The summed E-state index contributed by atoms with van der Waals surface area (Å²) in [5.41, 5.74) is 6.42. The van der Waals surface area contributed by atoms with Gasteiger partial charge in [0.25, 0.3) is 0 Å². The molecule has 0 amide bonds. The van der Waals surface area contributed by atoms with Crippen LogP contribution in [0.1, 0.15) is 30.4 Å². The van der Waals surface area contributed by atoms with Crippen LogP contribution in [0.4, 0.5) is 5.69 Å². The molecule has 18 heavy (non-hydrogen) atoms. The van der Waals surface area contributed by atoms with Gasteiger partial charge >= 0.3 is 5.97 Å². The van der Waals surface area contributed by atoms with Crippen LogP contribution < -0.4 is 5.73 Å². The summed E-state index contributed by atoms with van der Waals surface area (Å²) in [7, 11) is 0. The van der Waals surface area contributed by atoms with E-state index >= 15 is 0 Å². The molecule has 0 saturated heterocycles. The first-order valence-corrected chi connectivity index (χ1v) is 6.79. The number of thiophene rings is 1. The molecule has 1 aromatic carbocycles. The van der Waals surface area contributed by atoms with Crippen LogP contribution in [0.5, 0.6) is 0 Å². The third kappa shape index (κ3) is 2.64. The summed E-state index contributed by atoms with van der Waals surface area (Å²) in [5.74, 6) is 0.0648. The molecule has 0 aliphatic rings. The average molecular weight is 263 g/mol. The van der Waals surface area contributed by atoms with Gasteiger partial charge in [-0.1, -0.05) is 13.8 Å². The third-order valence-electron chi connectivity index (χ3n) is 2.97. The summed E-state index contributed by atoms with van der Waals surface area (Å²) >= 11 is 1.44. The SMILES string of the molecule is CC(C)C(C)OC(=O)c1cc2cc(N)ccc2s1.